The fraction of sp³-hybridized carbons (Fsp3) is 0. The van der Waals surface area contributed by atoms with Crippen molar-refractivity contribution in [1.82, 2.24) is 0 Å². The lowest BCUT2D eigenvalue weighted by Gasteiger charge is -2.18. The van der Waals surface area contributed by atoms with Gasteiger partial charge in [0.05, 0.1) is 6.85 Å². The van der Waals surface area contributed by atoms with Gasteiger partial charge in [0.25, 0.3) is 0 Å². The number of furan rings is 1. The van der Waals surface area contributed by atoms with E-state index in [4.69, 9.17) is 11.3 Å². The number of fused-ring (bicyclic) bond motifs is 8. The standard InChI is InChI=1S/C46H28O/c1-2-13-31(14-3-1)43-35-16-6-8-18-37(35)44(38-19-9-7-17-36(38)43)39-21-11-23-42-46(39)45-34(20-10-22-41(45)47-42)32-27-26-30-25-24-29-12-4-5-15-33(29)40(30)28-32/h1-28H/i1D,2D,3D,13D,14D. The molecule has 0 N–H and O–H groups in total. The predicted octanol–water partition coefficient (Wildman–Crippen LogP) is 13.2. The zero-order chi connectivity index (χ0) is 35.2. The lowest BCUT2D eigenvalue weighted by Crippen LogP contribution is -1.91. The van der Waals surface area contributed by atoms with Crippen LogP contribution in [0.2, 0.25) is 0 Å². The van der Waals surface area contributed by atoms with E-state index in [2.05, 4.69) is 78.9 Å². The van der Waals surface area contributed by atoms with Gasteiger partial charge in [0.2, 0.25) is 0 Å². The highest BCUT2D eigenvalue weighted by molar-refractivity contribution is 6.27. The Morgan fingerprint density at radius 3 is 1.60 bits per heavy atom. The average Bonchev–Trinajstić information content (AvgIpc) is 3.58. The van der Waals surface area contributed by atoms with E-state index in [-0.39, 0.29) is 29.7 Å². The molecule has 218 valence electrons. The molecule has 0 aliphatic carbocycles. The molecule has 0 saturated heterocycles. The summed E-state index contributed by atoms with van der Waals surface area (Å²) in [5.74, 6) is 0. The second-order valence-electron chi connectivity index (χ2n) is 12.0. The molecule has 0 unspecified atom stereocenters. The fourth-order valence-corrected chi connectivity index (χ4v) is 7.55. The van der Waals surface area contributed by atoms with E-state index in [0.717, 1.165) is 65.7 Å². The van der Waals surface area contributed by atoms with Crippen molar-refractivity contribution in [3.05, 3.63) is 170 Å². The lowest BCUT2D eigenvalue weighted by atomic mass is 9.84. The van der Waals surface area contributed by atoms with Crippen molar-refractivity contribution < 1.29 is 11.3 Å². The summed E-state index contributed by atoms with van der Waals surface area (Å²) in [5, 5.41) is 10.3. The van der Waals surface area contributed by atoms with Crippen molar-refractivity contribution in [3.8, 4) is 33.4 Å². The Bertz CT molecular complexity index is 3050. The zero-order valence-corrected chi connectivity index (χ0v) is 25.2. The molecular formula is C46H28O. The van der Waals surface area contributed by atoms with Gasteiger partial charge in [0.1, 0.15) is 11.2 Å². The Balaban J connectivity index is 1.32. The Labute approximate surface area is 279 Å². The number of benzene rings is 9. The summed E-state index contributed by atoms with van der Waals surface area (Å²) in [6.45, 7) is 0. The zero-order valence-electron chi connectivity index (χ0n) is 30.2. The van der Waals surface area contributed by atoms with E-state index in [9.17, 15) is 0 Å². The maximum Gasteiger partial charge on any atom is 0.136 e. The van der Waals surface area contributed by atoms with E-state index < -0.39 is 6.04 Å². The van der Waals surface area contributed by atoms with Crippen LogP contribution < -0.4 is 0 Å². The third-order valence-electron chi connectivity index (χ3n) is 9.53. The van der Waals surface area contributed by atoms with Crippen molar-refractivity contribution in [1.29, 1.82) is 0 Å². The molecule has 1 nitrogen and oxygen atoms in total. The van der Waals surface area contributed by atoms with Crippen molar-refractivity contribution in [2.75, 3.05) is 0 Å². The van der Waals surface area contributed by atoms with Crippen LogP contribution in [0, 0.1) is 0 Å². The molecule has 0 aliphatic rings. The summed E-state index contributed by atoms with van der Waals surface area (Å²) in [6.07, 6.45) is 0. The molecular weight excluding hydrogens is 569 g/mol. The fourth-order valence-electron chi connectivity index (χ4n) is 7.55. The second-order valence-corrected chi connectivity index (χ2v) is 12.0. The molecule has 0 amide bonds. The molecule has 1 heteroatoms. The summed E-state index contributed by atoms with van der Waals surface area (Å²) >= 11 is 0. The minimum Gasteiger partial charge on any atom is -0.456 e. The largest absolute Gasteiger partial charge is 0.456 e. The third-order valence-corrected chi connectivity index (χ3v) is 9.53. The molecule has 0 bridgehead atoms. The van der Waals surface area contributed by atoms with Gasteiger partial charge in [0, 0.05) is 10.8 Å². The van der Waals surface area contributed by atoms with Gasteiger partial charge in [-0.25, -0.2) is 0 Å². The first kappa shape index (κ1) is 21.5. The third kappa shape index (κ3) is 3.90. The molecule has 0 saturated carbocycles. The average molecular weight is 602 g/mol. The lowest BCUT2D eigenvalue weighted by molar-refractivity contribution is 0.669. The van der Waals surface area contributed by atoms with Crippen LogP contribution in [0.25, 0.3) is 98.4 Å². The first-order valence-electron chi connectivity index (χ1n) is 18.3. The highest BCUT2D eigenvalue weighted by Gasteiger charge is 2.21. The molecule has 10 rings (SSSR count). The molecule has 47 heavy (non-hydrogen) atoms. The Morgan fingerprint density at radius 2 is 0.915 bits per heavy atom. The van der Waals surface area contributed by atoms with Crippen molar-refractivity contribution >= 4 is 65.0 Å². The molecule has 0 aliphatic heterocycles. The molecule has 0 fully saturated rings. The van der Waals surface area contributed by atoms with Gasteiger partial charge >= 0.3 is 0 Å². The van der Waals surface area contributed by atoms with E-state index in [1.165, 1.54) is 21.5 Å². The molecule has 10 aromatic rings. The minimum absolute atomic E-state index is 0.197. The van der Waals surface area contributed by atoms with Gasteiger partial charge in [-0.05, 0) is 94.7 Å². The van der Waals surface area contributed by atoms with Gasteiger partial charge in [-0.15, -0.1) is 0 Å². The predicted molar refractivity (Wildman–Crippen MR) is 200 cm³/mol. The van der Waals surface area contributed by atoms with Crippen LogP contribution in [0.4, 0.5) is 0 Å². The topological polar surface area (TPSA) is 13.1 Å². The van der Waals surface area contributed by atoms with Crippen LogP contribution in [0.15, 0.2) is 174 Å². The normalized spacial score (nSPS) is 13.3. The van der Waals surface area contributed by atoms with E-state index in [0.29, 0.717) is 5.56 Å². The molecule has 0 radical (unpaired) electrons. The number of hydrogen-bond acceptors (Lipinski definition) is 1. The van der Waals surface area contributed by atoms with Gasteiger partial charge < -0.3 is 4.42 Å². The van der Waals surface area contributed by atoms with Crippen LogP contribution in [-0.4, -0.2) is 0 Å². The molecule has 1 aromatic heterocycles. The van der Waals surface area contributed by atoms with Gasteiger partial charge in [0.15, 0.2) is 0 Å². The van der Waals surface area contributed by atoms with Crippen LogP contribution in [-0.2, 0) is 0 Å². The number of rotatable bonds is 3. The highest BCUT2D eigenvalue weighted by atomic mass is 16.3. The monoisotopic (exact) mass is 601 g/mol. The second kappa shape index (κ2) is 10.2. The summed E-state index contributed by atoms with van der Waals surface area (Å²) < 4.78 is 49.7. The van der Waals surface area contributed by atoms with Crippen LogP contribution >= 0.6 is 0 Å². The van der Waals surface area contributed by atoms with Crippen LogP contribution in [0.5, 0.6) is 0 Å². The first-order chi connectivity index (χ1) is 25.4. The summed E-state index contributed by atoms with van der Waals surface area (Å²) in [5.41, 5.74) is 6.55. The van der Waals surface area contributed by atoms with E-state index >= 15 is 0 Å². The number of hydrogen-bond donors (Lipinski definition) is 0. The Hall–Kier alpha value is -6.18. The molecule has 1 heterocycles. The van der Waals surface area contributed by atoms with Crippen molar-refractivity contribution in [3.63, 3.8) is 0 Å². The highest BCUT2D eigenvalue weighted by Crippen LogP contribution is 2.48. The van der Waals surface area contributed by atoms with Crippen LogP contribution in [0.3, 0.4) is 0 Å². The quantitative estimate of drug-likeness (QED) is 0.145. The van der Waals surface area contributed by atoms with Crippen molar-refractivity contribution in [2.24, 2.45) is 0 Å². The Kier molecular flexibility index (Phi) is 4.66. The first-order valence-corrected chi connectivity index (χ1v) is 15.8. The maximum atomic E-state index is 8.93. The molecule has 0 spiro atoms. The summed E-state index contributed by atoms with van der Waals surface area (Å²) in [7, 11) is 0. The van der Waals surface area contributed by atoms with Gasteiger partial charge in [-0.3, -0.25) is 0 Å². The minimum atomic E-state index is -0.405. The SMILES string of the molecule is [2H]c1c([2H])c([2H])c(-c2c3ccccc3c(-c3cccc4oc5cccc(-c6ccc7ccc8ccccc8c7c6)c5c34)c3ccccc23)c([2H])c1[2H]. The molecule has 0 atom stereocenters. The van der Waals surface area contributed by atoms with Gasteiger partial charge in [-0.2, -0.15) is 0 Å². The van der Waals surface area contributed by atoms with E-state index in [1.807, 2.05) is 60.7 Å². The van der Waals surface area contributed by atoms with Gasteiger partial charge in [-0.1, -0.05) is 152 Å². The van der Waals surface area contributed by atoms with Crippen LogP contribution in [0.1, 0.15) is 6.85 Å². The molecule has 9 aromatic carbocycles. The summed E-state index contributed by atoms with van der Waals surface area (Å²) in [6, 6.07) is 46.3. The smallest absolute Gasteiger partial charge is 0.136 e. The van der Waals surface area contributed by atoms with Crippen molar-refractivity contribution in [2.45, 2.75) is 0 Å². The Morgan fingerprint density at radius 1 is 0.383 bits per heavy atom. The van der Waals surface area contributed by atoms with E-state index in [1.54, 1.807) is 0 Å². The maximum absolute atomic E-state index is 8.93. The summed E-state index contributed by atoms with van der Waals surface area (Å²) in [4.78, 5) is 0.